The highest BCUT2D eigenvalue weighted by molar-refractivity contribution is 8.26. The van der Waals surface area contributed by atoms with Crippen molar-refractivity contribution in [2.75, 3.05) is 18.5 Å². The van der Waals surface area contributed by atoms with Gasteiger partial charge in [-0.05, 0) is 50.3 Å². The summed E-state index contributed by atoms with van der Waals surface area (Å²) in [6.45, 7) is 6.40. The average Bonchev–Trinajstić information content (AvgIpc) is 3.38. The number of thioether (sulfide) groups is 1. The van der Waals surface area contributed by atoms with Crippen LogP contribution in [0, 0.1) is 13.8 Å². The number of anilines is 1. The minimum absolute atomic E-state index is 0.115. The fourth-order valence-electron chi connectivity index (χ4n) is 3.06. The van der Waals surface area contributed by atoms with E-state index in [2.05, 4.69) is 5.32 Å². The average molecular weight is 497 g/mol. The Morgan fingerprint density at radius 2 is 2.19 bits per heavy atom. The van der Waals surface area contributed by atoms with Crippen molar-refractivity contribution < 1.29 is 19.4 Å². The molecule has 31 heavy (non-hydrogen) atoms. The van der Waals surface area contributed by atoms with Gasteiger partial charge in [-0.2, -0.15) is 0 Å². The van der Waals surface area contributed by atoms with E-state index in [0.29, 0.717) is 39.4 Å². The van der Waals surface area contributed by atoms with E-state index in [-0.39, 0.29) is 18.2 Å². The van der Waals surface area contributed by atoms with Crippen LogP contribution in [0.3, 0.4) is 0 Å². The molecular weight excluding hydrogens is 473 g/mol. The highest BCUT2D eigenvalue weighted by Crippen LogP contribution is 2.37. The zero-order valence-electron chi connectivity index (χ0n) is 17.5. The normalized spacial score (nSPS) is 16.4. The molecule has 1 saturated heterocycles. The number of nitrogens with zero attached hydrogens (tertiary/aromatic N) is 1. The van der Waals surface area contributed by atoms with Gasteiger partial charge in [0.15, 0.2) is 6.29 Å². The lowest BCUT2D eigenvalue weighted by Gasteiger charge is -2.15. The van der Waals surface area contributed by atoms with Crippen LogP contribution in [0.1, 0.15) is 46.9 Å². The second-order valence-corrected chi connectivity index (χ2v) is 10.7. The van der Waals surface area contributed by atoms with Crippen LogP contribution in [0.25, 0.3) is 6.08 Å². The summed E-state index contributed by atoms with van der Waals surface area (Å²) in [7, 11) is 0. The lowest BCUT2D eigenvalue weighted by atomic mass is 10.1. The maximum absolute atomic E-state index is 12.6. The van der Waals surface area contributed by atoms with E-state index in [1.165, 1.54) is 23.1 Å². The molecule has 0 aliphatic carbocycles. The molecule has 2 N–H and O–H groups in total. The number of carbonyl (C=O) groups excluding carboxylic acids is 2. The van der Waals surface area contributed by atoms with Crippen molar-refractivity contribution in [1.29, 1.82) is 0 Å². The molecule has 2 aromatic rings. The highest BCUT2D eigenvalue weighted by atomic mass is 32.2. The molecule has 1 fully saturated rings. The Hall–Kier alpha value is -1.56. The van der Waals surface area contributed by atoms with E-state index in [1.54, 1.807) is 23.2 Å². The van der Waals surface area contributed by atoms with Gasteiger partial charge in [0.05, 0.1) is 4.91 Å². The molecule has 6 nitrogen and oxygen atoms in total. The molecule has 2 aromatic heterocycles. The molecule has 0 bridgehead atoms. The second kappa shape index (κ2) is 10.8. The molecule has 0 radical (unpaired) electrons. The van der Waals surface area contributed by atoms with Gasteiger partial charge in [0.1, 0.15) is 9.32 Å². The van der Waals surface area contributed by atoms with Gasteiger partial charge in [-0.1, -0.05) is 30.0 Å². The monoisotopic (exact) mass is 496 g/mol. The molecule has 3 heterocycles. The molecule has 0 spiro atoms. The van der Waals surface area contributed by atoms with Crippen molar-refractivity contribution in [3.63, 3.8) is 0 Å². The Labute approximate surface area is 199 Å². The molecule has 1 unspecified atom stereocenters. The maximum Gasteiger partial charge on any atom is 0.266 e. The molecule has 1 atom stereocenters. The molecule has 2 amide bonds. The van der Waals surface area contributed by atoms with E-state index < -0.39 is 6.29 Å². The first kappa shape index (κ1) is 24.1. The molecule has 3 rings (SSSR count). The number of carbonyl (C=O) groups is 2. The number of thiocarbonyl (C=S) groups is 1. The zero-order valence-corrected chi connectivity index (χ0v) is 20.7. The number of rotatable bonds is 9. The van der Waals surface area contributed by atoms with Crippen LogP contribution in [0.4, 0.5) is 5.00 Å². The van der Waals surface area contributed by atoms with Crippen molar-refractivity contribution in [2.45, 2.75) is 39.9 Å². The van der Waals surface area contributed by atoms with Gasteiger partial charge in [0, 0.05) is 34.9 Å². The summed E-state index contributed by atoms with van der Waals surface area (Å²) in [6.07, 6.45) is 1.50. The number of nitrogens with one attached hydrogen (secondary N) is 1. The van der Waals surface area contributed by atoms with E-state index in [9.17, 15) is 14.7 Å². The van der Waals surface area contributed by atoms with Gasteiger partial charge in [-0.15, -0.1) is 22.7 Å². The number of amides is 2. The topological polar surface area (TPSA) is 78.9 Å². The Balaban J connectivity index is 1.56. The van der Waals surface area contributed by atoms with Crippen LogP contribution in [0.15, 0.2) is 22.4 Å². The summed E-state index contributed by atoms with van der Waals surface area (Å²) in [4.78, 5) is 29.3. The Morgan fingerprint density at radius 1 is 1.42 bits per heavy atom. The van der Waals surface area contributed by atoms with Gasteiger partial charge in [-0.25, -0.2) is 0 Å². The fraction of sp³-hybridized carbons (Fsp3) is 0.381. The first-order chi connectivity index (χ1) is 14.8. The molecule has 166 valence electrons. The number of ether oxygens (including phenoxy) is 1. The van der Waals surface area contributed by atoms with Gasteiger partial charge in [0.25, 0.3) is 5.91 Å². The summed E-state index contributed by atoms with van der Waals surface area (Å²) in [5, 5.41) is 15.7. The Morgan fingerprint density at radius 3 is 2.87 bits per heavy atom. The Kier molecular flexibility index (Phi) is 8.43. The minimum Gasteiger partial charge on any atom is -0.364 e. The second-order valence-electron chi connectivity index (χ2n) is 6.83. The van der Waals surface area contributed by atoms with Crippen molar-refractivity contribution in [1.82, 2.24) is 4.90 Å². The highest BCUT2D eigenvalue weighted by Gasteiger charge is 2.31. The number of hydrogen-bond donors (Lipinski definition) is 2. The van der Waals surface area contributed by atoms with Gasteiger partial charge < -0.3 is 15.2 Å². The molecule has 1 aliphatic rings. The number of aryl methyl sites for hydroxylation is 1. The van der Waals surface area contributed by atoms with Crippen LogP contribution >= 0.6 is 46.7 Å². The summed E-state index contributed by atoms with van der Waals surface area (Å²) in [5.74, 6) is -0.291. The molecule has 1 aliphatic heterocycles. The smallest absolute Gasteiger partial charge is 0.266 e. The van der Waals surface area contributed by atoms with Crippen molar-refractivity contribution in [2.24, 2.45) is 0 Å². The standard InChI is InChI=1S/C21H24N2O4S4/c1-4-27-20(26)17-12(2)13(3)30-18(17)22-16(24)8-5-9-23-19(25)15(31-21(23)28)11-14-7-6-10-29-14/h6-7,10-11,20,26H,4-5,8-9H2,1-3H3,(H,22,24)/b15-11+. The summed E-state index contributed by atoms with van der Waals surface area (Å²) in [6, 6.07) is 3.89. The predicted octanol–water partition coefficient (Wildman–Crippen LogP) is 5.07. The van der Waals surface area contributed by atoms with Gasteiger partial charge >= 0.3 is 0 Å². The predicted molar refractivity (Wildman–Crippen MR) is 132 cm³/mol. The number of hydrogen-bond acceptors (Lipinski definition) is 8. The van der Waals surface area contributed by atoms with Crippen LogP contribution in [0.5, 0.6) is 0 Å². The van der Waals surface area contributed by atoms with E-state index in [1.807, 2.05) is 37.4 Å². The number of aliphatic hydroxyl groups excluding tert-OH is 1. The van der Waals surface area contributed by atoms with Gasteiger partial charge in [0.2, 0.25) is 5.91 Å². The summed E-state index contributed by atoms with van der Waals surface area (Å²) >= 11 is 9.62. The lowest BCUT2D eigenvalue weighted by molar-refractivity contribution is -0.122. The van der Waals surface area contributed by atoms with Crippen molar-refractivity contribution in [3.05, 3.63) is 43.3 Å². The SMILES string of the molecule is CCOC(O)c1c(NC(=O)CCCN2C(=O)/C(=C\c3cccs3)SC2=S)sc(C)c1C. The summed E-state index contributed by atoms with van der Waals surface area (Å²) in [5.41, 5.74) is 1.52. The van der Waals surface area contributed by atoms with E-state index in [0.717, 1.165) is 15.3 Å². The third-order valence-corrected chi connectivity index (χ3v) is 8.07. The lowest BCUT2D eigenvalue weighted by Crippen LogP contribution is -2.29. The quantitative estimate of drug-likeness (QED) is 0.287. The first-order valence-corrected chi connectivity index (χ1v) is 12.7. The van der Waals surface area contributed by atoms with E-state index in [4.69, 9.17) is 17.0 Å². The van der Waals surface area contributed by atoms with Crippen molar-refractivity contribution in [3.8, 4) is 0 Å². The van der Waals surface area contributed by atoms with Crippen LogP contribution in [0.2, 0.25) is 0 Å². The molecule has 0 saturated carbocycles. The van der Waals surface area contributed by atoms with E-state index >= 15 is 0 Å². The number of thiophene rings is 2. The zero-order chi connectivity index (χ0) is 22.5. The minimum atomic E-state index is -1.07. The molecule has 0 aromatic carbocycles. The van der Waals surface area contributed by atoms with Crippen LogP contribution in [-0.4, -0.2) is 39.3 Å². The number of aliphatic hydroxyl groups is 1. The fourth-order valence-corrected chi connectivity index (χ4v) is 6.19. The maximum atomic E-state index is 12.6. The summed E-state index contributed by atoms with van der Waals surface area (Å²) < 4.78 is 5.82. The van der Waals surface area contributed by atoms with Gasteiger partial charge in [-0.3, -0.25) is 14.5 Å². The van der Waals surface area contributed by atoms with Crippen molar-refractivity contribution >= 4 is 73.9 Å². The first-order valence-electron chi connectivity index (χ1n) is 9.80. The van der Waals surface area contributed by atoms with Crippen LogP contribution in [-0.2, 0) is 14.3 Å². The Bertz CT molecular complexity index is 997. The largest absolute Gasteiger partial charge is 0.364 e. The third kappa shape index (κ3) is 5.82. The van der Waals surface area contributed by atoms with Crippen LogP contribution < -0.4 is 5.32 Å². The molecular formula is C21H24N2O4S4. The third-order valence-electron chi connectivity index (χ3n) is 4.73. The molecule has 10 heteroatoms.